The zero-order valence-electron chi connectivity index (χ0n) is 19.7. The van der Waals surface area contributed by atoms with Gasteiger partial charge in [-0.3, -0.25) is 4.79 Å². The second-order valence-corrected chi connectivity index (χ2v) is 8.75. The minimum absolute atomic E-state index is 0.0397. The number of phenolic OH excluding ortho intramolecular Hbond substituents is 1. The molecule has 0 spiro atoms. The van der Waals surface area contributed by atoms with E-state index in [4.69, 9.17) is 4.74 Å². The molecule has 0 bridgehead atoms. The third-order valence-corrected chi connectivity index (χ3v) is 6.78. The number of nitrogens with one attached hydrogen (secondary N) is 1. The first-order valence-corrected chi connectivity index (χ1v) is 12.1. The second-order valence-electron chi connectivity index (χ2n) is 8.75. The Morgan fingerprint density at radius 1 is 0.941 bits per heavy atom. The fraction of sp³-hybridized carbons (Fsp3) is 0.276. The minimum Gasteiger partial charge on any atom is -0.504 e. The standard InChI is InChI=1S/C29H30N2O3/c1-3-31(4-2)29(33)22-8-5-7-20(17-22)21-11-12-23-26(18-21)34-28-24(9-6-10-25(28)32)27(23)19-13-15-30-16-14-19/h5-12,17-18,30,32H,3-4,13-16H2,1-2H3. The van der Waals surface area contributed by atoms with Gasteiger partial charge in [0.05, 0.1) is 0 Å². The van der Waals surface area contributed by atoms with Crippen molar-refractivity contribution >= 4 is 11.5 Å². The van der Waals surface area contributed by atoms with Crippen molar-refractivity contribution < 1.29 is 14.6 Å². The topological polar surface area (TPSA) is 61.8 Å². The lowest BCUT2D eigenvalue weighted by Gasteiger charge is -2.28. The van der Waals surface area contributed by atoms with Crippen molar-refractivity contribution in [2.45, 2.75) is 26.7 Å². The molecule has 0 radical (unpaired) electrons. The summed E-state index contributed by atoms with van der Waals surface area (Å²) < 4.78 is 6.27. The molecule has 1 amide bonds. The van der Waals surface area contributed by atoms with E-state index < -0.39 is 0 Å². The molecule has 2 aliphatic heterocycles. The predicted molar refractivity (Wildman–Crippen MR) is 135 cm³/mol. The van der Waals surface area contributed by atoms with E-state index >= 15 is 0 Å². The van der Waals surface area contributed by atoms with Crippen LogP contribution in [0.2, 0.25) is 0 Å². The van der Waals surface area contributed by atoms with E-state index in [1.807, 2.05) is 61.2 Å². The molecule has 0 saturated carbocycles. The van der Waals surface area contributed by atoms with Crippen molar-refractivity contribution in [3.05, 3.63) is 82.9 Å². The smallest absolute Gasteiger partial charge is 0.253 e. The second kappa shape index (κ2) is 9.35. The van der Waals surface area contributed by atoms with Crippen LogP contribution in [-0.2, 0) is 0 Å². The van der Waals surface area contributed by atoms with Gasteiger partial charge in [-0.15, -0.1) is 0 Å². The molecule has 2 N–H and O–H groups in total. The summed E-state index contributed by atoms with van der Waals surface area (Å²) in [5.41, 5.74) is 7.17. The maximum atomic E-state index is 12.9. The minimum atomic E-state index is 0.0397. The maximum Gasteiger partial charge on any atom is 0.253 e. The third kappa shape index (κ3) is 3.97. The molecule has 1 saturated heterocycles. The largest absolute Gasteiger partial charge is 0.504 e. The molecule has 3 aromatic carbocycles. The number of hydrogen-bond donors (Lipinski definition) is 2. The van der Waals surface area contributed by atoms with Crippen LogP contribution in [0.4, 0.5) is 0 Å². The highest BCUT2D eigenvalue weighted by Crippen LogP contribution is 2.50. The summed E-state index contributed by atoms with van der Waals surface area (Å²) in [6, 6.07) is 19.6. The average Bonchev–Trinajstić information content (AvgIpc) is 2.88. The molecule has 0 atom stereocenters. The molecular weight excluding hydrogens is 424 g/mol. The highest BCUT2D eigenvalue weighted by atomic mass is 16.5. The number of ether oxygens (including phenoxy) is 1. The number of piperidine rings is 1. The number of aromatic hydroxyl groups is 1. The Morgan fingerprint density at radius 3 is 2.44 bits per heavy atom. The van der Waals surface area contributed by atoms with E-state index in [1.165, 1.54) is 11.1 Å². The normalized spacial score (nSPS) is 14.8. The van der Waals surface area contributed by atoms with Crippen molar-refractivity contribution in [3.8, 4) is 28.4 Å². The zero-order chi connectivity index (χ0) is 23.7. The summed E-state index contributed by atoms with van der Waals surface area (Å²) >= 11 is 0. The molecular formula is C29H30N2O3. The number of para-hydroxylation sites is 1. The van der Waals surface area contributed by atoms with Crippen LogP contribution in [0.5, 0.6) is 17.2 Å². The van der Waals surface area contributed by atoms with Gasteiger partial charge in [0.2, 0.25) is 0 Å². The highest BCUT2D eigenvalue weighted by molar-refractivity contribution is 5.96. The van der Waals surface area contributed by atoms with Gasteiger partial charge in [-0.1, -0.05) is 35.9 Å². The van der Waals surface area contributed by atoms with Crippen molar-refractivity contribution in [2.24, 2.45) is 0 Å². The summed E-state index contributed by atoms with van der Waals surface area (Å²) in [6.45, 7) is 7.26. The number of nitrogens with zero attached hydrogens (tertiary/aromatic N) is 1. The van der Waals surface area contributed by atoms with E-state index in [1.54, 1.807) is 6.07 Å². The van der Waals surface area contributed by atoms with Gasteiger partial charge in [-0.05, 0) is 86.8 Å². The van der Waals surface area contributed by atoms with Crippen LogP contribution in [0.15, 0.2) is 66.2 Å². The zero-order valence-corrected chi connectivity index (χ0v) is 19.7. The van der Waals surface area contributed by atoms with E-state index in [-0.39, 0.29) is 11.7 Å². The van der Waals surface area contributed by atoms with Crippen LogP contribution in [0.3, 0.4) is 0 Å². The van der Waals surface area contributed by atoms with Crippen LogP contribution in [0, 0.1) is 0 Å². The summed E-state index contributed by atoms with van der Waals surface area (Å²) in [4.78, 5) is 14.7. The molecule has 1 fully saturated rings. The molecule has 5 nitrogen and oxygen atoms in total. The van der Waals surface area contributed by atoms with Gasteiger partial charge in [-0.25, -0.2) is 0 Å². The summed E-state index contributed by atoms with van der Waals surface area (Å²) in [7, 11) is 0. The number of carbonyl (C=O) groups excluding carboxylic acids is 1. The van der Waals surface area contributed by atoms with Gasteiger partial charge in [0.25, 0.3) is 5.91 Å². The lowest BCUT2D eigenvalue weighted by molar-refractivity contribution is 0.0773. The first kappa shape index (κ1) is 22.2. The molecule has 34 heavy (non-hydrogen) atoms. The van der Waals surface area contributed by atoms with Gasteiger partial charge in [0.1, 0.15) is 5.75 Å². The van der Waals surface area contributed by atoms with Crippen molar-refractivity contribution in [3.63, 3.8) is 0 Å². The Balaban J connectivity index is 1.59. The number of fused-ring (bicyclic) bond motifs is 2. The van der Waals surface area contributed by atoms with E-state index in [0.29, 0.717) is 24.4 Å². The third-order valence-electron chi connectivity index (χ3n) is 6.78. The quantitative estimate of drug-likeness (QED) is 0.407. The van der Waals surface area contributed by atoms with Crippen molar-refractivity contribution in [1.29, 1.82) is 0 Å². The van der Waals surface area contributed by atoms with Crippen LogP contribution in [0.25, 0.3) is 16.7 Å². The molecule has 3 aromatic rings. The van der Waals surface area contributed by atoms with Crippen LogP contribution in [0.1, 0.15) is 48.2 Å². The average molecular weight is 455 g/mol. The Bertz CT molecular complexity index is 1270. The van der Waals surface area contributed by atoms with Crippen LogP contribution >= 0.6 is 0 Å². The van der Waals surface area contributed by atoms with E-state index in [2.05, 4.69) is 17.4 Å². The number of hydrogen-bond acceptors (Lipinski definition) is 4. The van der Waals surface area contributed by atoms with Gasteiger partial charge in [0, 0.05) is 29.8 Å². The molecule has 5 rings (SSSR count). The number of phenols is 1. The molecule has 0 aromatic heterocycles. The molecule has 0 unspecified atom stereocenters. The number of benzene rings is 3. The first-order valence-electron chi connectivity index (χ1n) is 12.1. The van der Waals surface area contributed by atoms with E-state index in [0.717, 1.165) is 53.9 Å². The molecule has 0 aliphatic carbocycles. The van der Waals surface area contributed by atoms with Gasteiger partial charge in [-0.2, -0.15) is 0 Å². The molecule has 2 heterocycles. The summed E-state index contributed by atoms with van der Waals surface area (Å²) in [6.07, 6.45) is 1.95. The van der Waals surface area contributed by atoms with Crippen molar-refractivity contribution in [1.82, 2.24) is 10.2 Å². The number of rotatable bonds is 4. The molecule has 2 aliphatic rings. The molecule has 5 heteroatoms. The Labute approximate surface area is 200 Å². The first-order chi connectivity index (χ1) is 16.6. The van der Waals surface area contributed by atoms with E-state index in [9.17, 15) is 9.90 Å². The Morgan fingerprint density at radius 2 is 1.68 bits per heavy atom. The van der Waals surface area contributed by atoms with Gasteiger partial charge < -0.3 is 20.1 Å². The SMILES string of the molecule is CCN(CC)C(=O)c1cccc(-c2ccc3c(c2)Oc2c(O)cccc2C3=C2CCNCC2)c1. The van der Waals surface area contributed by atoms with Gasteiger partial charge >= 0.3 is 0 Å². The lowest BCUT2D eigenvalue weighted by Crippen LogP contribution is -2.30. The van der Waals surface area contributed by atoms with Crippen LogP contribution < -0.4 is 10.1 Å². The number of amides is 1. The Hall–Kier alpha value is -3.57. The Kier molecular flexibility index (Phi) is 6.12. The fourth-order valence-corrected chi connectivity index (χ4v) is 4.96. The summed E-state index contributed by atoms with van der Waals surface area (Å²) in [5, 5.41) is 14.0. The van der Waals surface area contributed by atoms with Crippen LogP contribution in [-0.4, -0.2) is 42.1 Å². The lowest BCUT2D eigenvalue weighted by atomic mass is 9.85. The predicted octanol–water partition coefficient (Wildman–Crippen LogP) is 5.83. The van der Waals surface area contributed by atoms with Crippen molar-refractivity contribution in [2.75, 3.05) is 26.2 Å². The molecule has 174 valence electrons. The van der Waals surface area contributed by atoms with Gasteiger partial charge in [0.15, 0.2) is 11.5 Å². The number of carbonyl (C=O) groups is 1. The monoisotopic (exact) mass is 454 g/mol. The highest BCUT2D eigenvalue weighted by Gasteiger charge is 2.27. The maximum absolute atomic E-state index is 12.9. The fourth-order valence-electron chi connectivity index (χ4n) is 4.96. The summed E-state index contributed by atoms with van der Waals surface area (Å²) in [5.74, 6) is 1.43.